The molecule has 13 nitrogen and oxygen atoms in total. The smallest absolute Gasteiger partial charge is 0.319 e. The van der Waals surface area contributed by atoms with Crippen LogP contribution in [0.3, 0.4) is 0 Å². The van der Waals surface area contributed by atoms with Crippen molar-refractivity contribution in [3.63, 3.8) is 0 Å². The normalized spacial score (nSPS) is 26.4. The number of benzene rings is 1. The third-order valence-corrected chi connectivity index (χ3v) is 7.60. The molecule has 2 aliphatic heterocycles. The number of carboxylic acid groups (broad SMARTS) is 1. The monoisotopic (exact) mass is 519 g/mol. The zero-order valence-corrected chi connectivity index (χ0v) is 19.5. The van der Waals surface area contributed by atoms with Gasteiger partial charge in [-0.3, -0.25) is 18.7 Å². The Balaban J connectivity index is 1.51. The molecular formula is C20H18N5O8PS. The lowest BCUT2D eigenvalue weighted by molar-refractivity contribution is -0.133. The van der Waals surface area contributed by atoms with Crippen molar-refractivity contribution in [1.29, 1.82) is 0 Å². The van der Waals surface area contributed by atoms with Crippen LogP contribution in [0.4, 0.5) is 0 Å². The van der Waals surface area contributed by atoms with Gasteiger partial charge in [-0.1, -0.05) is 42.1 Å². The number of carbonyl (C=O) groups is 1. The zero-order chi connectivity index (χ0) is 24.3. The van der Waals surface area contributed by atoms with Crippen molar-refractivity contribution in [3.8, 4) is 11.3 Å². The van der Waals surface area contributed by atoms with Gasteiger partial charge in [-0.2, -0.15) is 4.98 Å². The molecule has 0 aliphatic carbocycles. The van der Waals surface area contributed by atoms with E-state index >= 15 is 0 Å². The Morgan fingerprint density at radius 2 is 2.09 bits per heavy atom. The first-order chi connectivity index (χ1) is 16.9. The number of nitrogens with zero attached hydrogens (tertiary/aromatic N) is 4. The van der Waals surface area contributed by atoms with Gasteiger partial charge < -0.3 is 29.0 Å². The van der Waals surface area contributed by atoms with Crippen LogP contribution in [0, 0.1) is 0 Å². The predicted octanol–water partition coefficient (Wildman–Crippen LogP) is 1.28. The molecule has 2 fully saturated rings. The van der Waals surface area contributed by atoms with E-state index in [2.05, 4.69) is 15.0 Å². The molecule has 182 valence electrons. The SMILES string of the molecule is O=C(O)CSc1nc2c(=O)n3cc(-c4ccccc4)[nH]c3nc2n1[C@@H]1OC2CO[PH](=O)O[C@H]2[C@@H]1O. The van der Waals surface area contributed by atoms with Gasteiger partial charge in [0.05, 0.1) is 18.1 Å². The zero-order valence-electron chi connectivity index (χ0n) is 17.7. The minimum absolute atomic E-state index is 0.0228. The second-order valence-corrected chi connectivity index (χ2v) is 9.93. The molecule has 5 heterocycles. The number of rotatable bonds is 5. The topological polar surface area (TPSA) is 170 Å². The van der Waals surface area contributed by atoms with Gasteiger partial charge in [-0.15, -0.1) is 0 Å². The van der Waals surface area contributed by atoms with E-state index in [1.807, 2.05) is 30.3 Å². The fraction of sp³-hybridized carbons (Fsp3) is 0.300. The molecule has 4 aromatic rings. The highest BCUT2D eigenvalue weighted by Crippen LogP contribution is 2.44. The Kier molecular flexibility index (Phi) is 5.51. The minimum Gasteiger partial charge on any atom is -0.481 e. The highest BCUT2D eigenvalue weighted by Gasteiger charge is 2.50. The Morgan fingerprint density at radius 1 is 1.29 bits per heavy atom. The summed E-state index contributed by atoms with van der Waals surface area (Å²) in [7, 11) is -2.77. The van der Waals surface area contributed by atoms with E-state index in [0.29, 0.717) is 5.69 Å². The van der Waals surface area contributed by atoms with Crippen LogP contribution in [-0.4, -0.2) is 70.8 Å². The van der Waals surface area contributed by atoms with Crippen molar-refractivity contribution in [2.45, 2.75) is 29.7 Å². The lowest BCUT2D eigenvalue weighted by Gasteiger charge is -2.24. The van der Waals surface area contributed by atoms with Crippen molar-refractivity contribution < 1.29 is 33.4 Å². The maximum absolute atomic E-state index is 13.3. The molecule has 15 heteroatoms. The molecule has 0 saturated carbocycles. The van der Waals surface area contributed by atoms with Gasteiger partial charge >= 0.3 is 14.2 Å². The Labute approximate surface area is 200 Å². The number of H-pyrrole nitrogens is 1. The lowest BCUT2D eigenvalue weighted by atomic mass is 10.1. The number of aromatic amines is 1. The number of aliphatic carboxylic acids is 1. The van der Waals surface area contributed by atoms with Crippen LogP contribution in [0.5, 0.6) is 0 Å². The fourth-order valence-electron chi connectivity index (χ4n) is 4.24. The van der Waals surface area contributed by atoms with Gasteiger partial charge in [0, 0.05) is 6.20 Å². The Bertz CT molecular complexity index is 1540. The Hall–Kier alpha value is -3.00. The molecule has 0 amide bonds. The fourth-order valence-corrected chi connectivity index (χ4v) is 5.86. The third kappa shape index (κ3) is 3.78. The summed E-state index contributed by atoms with van der Waals surface area (Å²) in [5.41, 5.74) is 1.11. The minimum atomic E-state index is -2.77. The molecular weight excluding hydrogens is 501 g/mol. The maximum Gasteiger partial charge on any atom is 0.319 e. The molecule has 5 atom stereocenters. The molecule has 2 unspecified atom stereocenters. The van der Waals surface area contributed by atoms with Gasteiger partial charge in [0.15, 0.2) is 22.5 Å². The number of thioether (sulfide) groups is 1. The van der Waals surface area contributed by atoms with Crippen LogP contribution < -0.4 is 5.56 Å². The average molecular weight is 519 g/mol. The molecule has 2 saturated heterocycles. The summed E-state index contributed by atoms with van der Waals surface area (Å²) in [5, 5.41) is 20.3. The van der Waals surface area contributed by atoms with Crippen LogP contribution in [0.2, 0.25) is 0 Å². The first-order valence-electron chi connectivity index (χ1n) is 10.5. The van der Waals surface area contributed by atoms with E-state index in [1.54, 1.807) is 6.20 Å². The van der Waals surface area contributed by atoms with E-state index < -0.39 is 44.3 Å². The number of nitrogens with one attached hydrogen (secondary N) is 1. The number of hydrogen-bond donors (Lipinski definition) is 3. The number of imidazole rings is 2. The van der Waals surface area contributed by atoms with Crippen LogP contribution >= 0.6 is 20.0 Å². The second kappa shape index (κ2) is 8.59. The van der Waals surface area contributed by atoms with E-state index in [-0.39, 0.29) is 34.5 Å². The molecule has 0 spiro atoms. The number of carboxylic acids is 1. The van der Waals surface area contributed by atoms with Gasteiger partial charge in [-0.05, 0) is 5.56 Å². The van der Waals surface area contributed by atoms with Crippen molar-refractivity contribution in [2.24, 2.45) is 0 Å². The summed E-state index contributed by atoms with van der Waals surface area (Å²) in [5.74, 6) is -1.20. The maximum atomic E-state index is 13.3. The summed E-state index contributed by atoms with van der Waals surface area (Å²) in [6, 6.07) is 9.38. The lowest BCUT2D eigenvalue weighted by Crippen LogP contribution is -2.37. The highest BCUT2D eigenvalue weighted by atomic mass is 32.2. The van der Waals surface area contributed by atoms with Crippen molar-refractivity contribution in [2.75, 3.05) is 12.4 Å². The van der Waals surface area contributed by atoms with Crippen LogP contribution in [0.15, 0.2) is 46.5 Å². The molecule has 6 rings (SSSR count). The molecule has 35 heavy (non-hydrogen) atoms. The number of aromatic nitrogens is 5. The van der Waals surface area contributed by atoms with Gasteiger partial charge in [-0.25, -0.2) is 9.38 Å². The molecule has 0 radical (unpaired) electrons. The molecule has 0 bridgehead atoms. The van der Waals surface area contributed by atoms with E-state index in [1.165, 1.54) is 8.97 Å². The van der Waals surface area contributed by atoms with Crippen molar-refractivity contribution >= 4 is 42.9 Å². The molecule has 3 N–H and O–H groups in total. The predicted molar refractivity (Wildman–Crippen MR) is 123 cm³/mol. The first-order valence-corrected chi connectivity index (χ1v) is 12.7. The quantitative estimate of drug-likeness (QED) is 0.256. The third-order valence-electron chi connectivity index (χ3n) is 5.79. The number of aliphatic hydroxyl groups is 1. The summed E-state index contributed by atoms with van der Waals surface area (Å²) in [6.07, 6.45) is -2.44. The number of aliphatic hydroxyl groups excluding tert-OH is 1. The van der Waals surface area contributed by atoms with Crippen molar-refractivity contribution in [3.05, 3.63) is 46.9 Å². The molecule has 1 aromatic carbocycles. The molecule has 2 aliphatic rings. The number of ether oxygens (including phenoxy) is 1. The summed E-state index contributed by atoms with van der Waals surface area (Å²) < 4.78 is 30.7. The van der Waals surface area contributed by atoms with Crippen LogP contribution in [0.25, 0.3) is 28.2 Å². The largest absolute Gasteiger partial charge is 0.481 e. The first kappa shape index (κ1) is 22.5. The van der Waals surface area contributed by atoms with E-state index in [9.17, 15) is 24.4 Å². The summed E-state index contributed by atoms with van der Waals surface area (Å²) in [6.45, 7) is -0.0440. The highest BCUT2D eigenvalue weighted by molar-refractivity contribution is 7.99. The van der Waals surface area contributed by atoms with Gasteiger partial charge in [0.1, 0.15) is 18.3 Å². The summed E-state index contributed by atoms with van der Waals surface area (Å²) >= 11 is 0.857. The Morgan fingerprint density at radius 3 is 2.86 bits per heavy atom. The second-order valence-electron chi connectivity index (χ2n) is 7.96. The van der Waals surface area contributed by atoms with Gasteiger partial charge in [0.2, 0.25) is 5.78 Å². The summed E-state index contributed by atoms with van der Waals surface area (Å²) in [4.78, 5) is 36.6. The average Bonchev–Trinajstić information content (AvgIpc) is 3.53. The number of hydrogen-bond acceptors (Lipinski definition) is 10. The standard InChI is InChI=1S/C20H18N5O8PS/c26-12(27)8-35-20-22-13-16(25(20)18-14(28)15-11(32-18)7-31-34(30)33-15)23-19-21-10(6-24(19)17(13)29)9-4-2-1-3-5-9/h1-6,11,14-15,18,28,34H,7-8H2,(H,21,23)(H,26,27)/t11?,14-,15+,18+/m0/s1. The van der Waals surface area contributed by atoms with Gasteiger partial charge in [0.25, 0.3) is 5.56 Å². The van der Waals surface area contributed by atoms with Crippen LogP contribution in [0.1, 0.15) is 6.23 Å². The van der Waals surface area contributed by atoms with Crippen LogP contribution in [-0.2, 0) is 23.1 Å². The van der Waals surface area contributed by atoms with E-state index in [0.717, 1.165) is 17.3 Å². The molecule has 3 aromatic heterocycles. The number of fused-ring (bicyclic) bond motifs is 3. The van der Waals surface area contributed by atoms with Crippen molar-refractivity contribution in [1.82, 2.24) is 23.9 Å². The van der Waals surface area contributed by atoms with E-state index in [4.69, 9.17) is 13.8 Å².